The van der Waals surface area contributed by atoms with Crippen molar-refractivity contribution in [3.05, 3.63) is 28.1 Å². The molecule has 0 radical (unpaired) electrons. The molecule has 2 amide bonds. The average molecular weight is 372 g/mol. The zero-order chi connectivity index (χ0) is 16.4. The molecule has 2 aromatic rings. The third kappa shape index (κ3) is 3.71. The fraction of sp³-hybridized carbons (Fsp3) is 0.385. The van der Waals surface area contributed by atoms with Gasteiger partial charge in [0, 0.05) is 24.4 Å². The predicted octanol–water partition coefficient (Wildman–Crippen LogP) is 2.56. The molecule has 2 N–H and O–H groups in total. The SMILES string of the molecule is CCS(=O)(=O)N1CCc2nc(NC(=O)Nc3cccs3)sc2C1. The molecule has 0 aromatic carbocycles. The normalized spacial score (nSPS) is 15.2. The molecule has 3 rings (SSSR count). The summed E-state index contributed by atoms with van der Waals surface area (Å²) in [5, 5.41) is 8.54. The molecule has 0 bridgehead atoms. The van der Waals surface area contributed by atoms with Gasteiger partial charge in [-0.1, -0.05) is 11.3 Å². The lowest BCUT2D eigenvalue weighted by Crippen LogP contribution is -2.36. The van der Waals surface area contributed by atoms with Crippen LogP contribution in [0.2, 0.25) is 0 Å². The summed E-state index contributed by atoms with van der Waals surface area (Å²) in [4.78, 5) is 17.2. The number of thiazole rings is 1. The topological polar surface area (TPSA) is 91.4 Å². The maximum Gasteiger partial charge on any atom is 0.326 e. The Balaban J connectivity index is 1.67. The number of rotatable bonds is 4. The van der Waals surface area contributed by atoms with Gasteiger partial charge in [0.2, 0.25) is 10.0 Å². The Morgan fingerprint density at radius 2 is 2.26 bits per heavy atom. The first-order valence-electron chi connectivity index (χ1n) is 7.06. The summed E-state index contributed by atoms with van der Waals surface area (Å²) >= 11 is 2.75. The van der Waals surface area contributed by atoms with E-state index < -0.39 is 10.0 Å². The van der Waals surface area contributed by atoms with Gasteiger partial charge in [-0.05, 0) is 24.4 Å². The highest BCUT2D eigenvalue weighted by atomic mass is 32.2. The van der Waals surface area contributed by atoms with Gasteiger partial charge >= 0.3 is 6.03 Å². The van der Waals surface area contributed by atoms with Gasteiger partial charge in [-0.25, -0.2) is 18.2 Å². The molecular formula is C13H16N4O3S3. The van der Waals surface area contributed by atoms with Gasteiger partial charge in [-0.3, -0.25) is 10.6 Å². The lowest BCUT2D eigenvalue weighted by atomic mass is 10.2. The minimum atomic E-state index is -3.20. The van der Waals surface area contributed by atoms with E-state index in [1.54, 1.807) is 6.92 Å². The summed E-state index contributed by atoms with van der Waals surface area (Å²) in [6, 6.07) is 3.31. The number of amides is 2. The largest absolute Gasteiger partial charge is 0.326 e. The van der Waals surface area contributed by atoms with Gasteiger partial charge < -0.3 is 0 Å². The number of carbonyl (C=O) groups excluding carboxylic acids is 1. The van der Waals surface area contributed by atoms with E-state index in [0.29, 0.717) is 24.6 Å². The van der Waals surface area contributed by atoms with Gasteiger partial charge in [-0.2, -0.15) is 4.31 Å². The number of sulfonamides is 1. The molecule has 0 atom stereocenters. The number of hydrogen-bond donors (Lipinski definition) is 2. The first-order valence-corrected chi connectivity index (χ1v) is 10.4. The second kappa shape index (κ2) is 6.56. The second-order valence-corrected chi connectivity index (χ2v) is 9.22. The molecule has 2 aromatic heterocycles. The molecule has 0 unspecified atom stereocenters. The van der Waals surface area contributed by atoms with E-state index >= 15 is 0 Å². The highest BCUT2D eigenvalue weighted by Gasteiger charge is 2.28. The number of hydrogen-bond acceptors (Lipinski definition) is 6. The third-order valence-corrected chi connectivity index (χ3v) is 7.04. The number of aromatic nitrogens is 1. The fourth-order valence-corrected chi connectivity index (χ4v) is 5.01. The van der Waals surface area contributed by atoms with Crippen LogP contribution in [-0.2, 0) is 23.0 Å². The molecule has 0 saturated carbocycles. The van der Waals surface area contributed by atoms with Crippen LogP contribution in [0.4, 0.5) is 14.9 Å². The number of carbonyl (C=O) groups is 1. The fourth-order valence-electron chi connectivity index (χ4n) is 2.24. The van der Waals surface area contributed by atoms with Gasteiger partial charge in [-0.15, -0.1) is 11.3 Å². The molecule has 10 heteroatoms. The lowest BCUT2D eigenvalue weighted by Gasteiger charge is -2.24. The van der Waals surface area contributed by atoms with Crippen molar-refractivity contribution < 1.29 is 13.2 Å². The zero-order valence-electron chi connectivity index (χ0n) is 12.4. The molecule has 3 heterocycles. The van der Waals surface area contributed by atoms with Crippen molar-refractivity contribution in [2.24, 2.45) is 0 Å². The number of nitrogens with one attached hydrogen (secondary N) is 2. The molecule has 0 spiro atoms. The molecule has 0 fully saturated rings. The summed E-state index contributed by atoms with van der Waals surface area (Å²) in [6.45, 7) is 2.41. The summed E-state index contributed by atoms with van der Waals surface area (Å²) < 4.78 is 25.4. The van der Waals surface area contributed by atoms with Crippen LogP contribution in [0.1, 0.15) is 17.5 Å². The van der Waals surface area contributed by atoms with Gasteiger partial charge in [0.1, 0.15) is 0 Å². The first kappa shape index (κ1) is 16.4. The molecule has 124 valence electrons. The standard InChI is InChI=1S/C13H16N4O3S3/c1-2-23(19,20)17-6-5-9-10(8-17)22-13(14-9)16-12(18)15-11-4-3-7-21-11/h3-4,7H,2,5-6,8H2,1H3,(H2,14,15,16,18). The van der Waals surface area contributed by atoms with Crippen LogP contribution in [0.15, 0.2) is 17.5 Å². The van der Waals surface area contributed by atoms with Gasteiger partial charge in [0.05, 0.1) is 16.4 Å². The van der Waals surface area contributed by atoms with Crippen molar-refractivity contribution in [1.82, 2.24) is 9.29 Å². The summed E-state index contributed by atoms with van der Waals surface area (Å²) in [5.41, 5.74) is 0.865. The highest BCUT2D eigenvalue weighted by Crippen LogP contribution is 2.29. The lowest BCUT2D eigenvalue weighted by molar-refractivity contribution is 0.262. The van der Waals surface area contributed by atoms with Crippen molar-refractivity contribution in [3.63, 3.8) is 0 Å². The van der Waals surface area contributed by atoms with Crippen molar-refractivity contribution in [1.29, 1.82) is 0 Å². The second-order valence-electron chi connectivity index (χ2n) is 4.93. The Morgan fingerprint density at radius 1 is 1.43 bits per heavy atom. The summed E-state index contributed by atoms with van der Waals surface area (Å²) in [6.07, 6.45) is 0.569. The number of fused-ring (bicyclic) bond motifs is 1. The first-order chi connectivity index (χ1) is 11.0. The molecule has 1 aliphatic rings. The van der Waals surface area contributed by atoms with E-state index in [0.717, 1.165) is 15.6 Å². The predicted molar refractivity (Wildman–Crippen MR) is 92.6 cm³/mol. The number of nitrogens with zero attached hydrogens (tertiary/aromatic N) is 2. The molecule has 23 heavy (non-hydrogen) atoms. The van der Waals surface area contributed by atoms with Crippen LogP contribution in [0.5, 0.6) is 0 Å². The van der Waals surface area contributed by atoms with E-state index in [1.807, 2.05) is 17.5 Å². The Labute approximate surface area is 142 Å². The summed E-state index contributed by atoms with van der Waals surface area (Å²) in [5.74, 6) is 0.0927. The van der Waals surface area contributed by atoms with Crippen molar-refractivity contribution >= 4 is 48.9 Å². The smallest absolute Gasteiger partial charge is 0.299 e. The Kier molecular flexibility index (Phi) is 4.67. The monoisotopic (exact) mass is 372 g/mol. The Bertz CT molecular complexity index is 799. The van der Waals surface area contributed by atoms with Crippen LogP contribution in [-0.4, -0.2) is 36.0 Å². The third-order valence-electron chi connectivity index (χ3n) is 3.43. The van der Waals surface area contributed by atoms with Crippen molar-refractivity contribution in [3.8, 4) is 0 Å². The molecule has 7 nitrogen and oxygen atoms in total. The highest BCUT2D eigenvalue weighted by molar-refractivity contribution is 7.89. The van der Waals surface area contributed by atoms with Gasteiger partial charge in [0.25, 0.3) is 0 Å². The Hall–Kier alpha value is -1.49. The van der Waals surface area contributed by atoms with E-state index in [9.17, 15) is 13.2 Å². The maximum atomic E-state index is 12.0. The number of thiophene rings is 1. The van der Waals surface area contributed by atoms with Crippen molar-refractivity contribution in [2.45, 2.75) is 19.9 Å². The minimum Gasteiger partial charge on any atom is -0.299 e. The van der Waals surface area contributed by atoms with Crippen LogP contribution >= 0.6 is 22.7 Å². The molecule has 0 aliphatic carbocycles. The maximum absolute atomic E-state index is 12.0. The molecule has 0 saturated heterocycles. The minimum absolute atomic E-state index is 0.0927. The zero-order valence-corrected chi connectivity index (χ0v) is 14.9. The van der Waals surface area contributed by atoms with Crippen LogP contribution in [0.25, 0.3) is 0 Å². The van der Waals surface area contributed by atoms with Gasteiger partial charge in [0.15, 0.2) is 5.13 Å². The van der Waals surface area contributed by atoms with Crippen LogP contribution in [0.3, 0.4) is 0 Å². The van der Waals surface area contributed by atoms with E-state index in [4.69, 9.17) is 0 Å². The van der Waals surface area contributed by atoms with E-state index in [-0.39, 0.29) is 11.8 Å². The Morgan fingerprint density at radius 3 is 2.96 bits per heavy atom. The summed E-state index contributed by atoms with van der Waals surface area (Å²) in [7, 11) is -3.20. The number of anilines is 2. The quantitative estimate of drug-likeness (QED) is 0.863. The number of urea groups is 1. The van der Waals surface area contributed by atoms with E-state index in [1.165, 1.54) is 27.0 Å². The van der Waals surface area contributed by atoms with Crippen LogP contribution in [0, 0.1) is 0 Å². The van der Waals surface area contributed by atoms with Crippen molar-refractivity contribution in [2.75, 3.05) is 22.9 Å². The van der Waals surface area contributed by atoms with E-state index in [2.05, 4.69) is 15.6 Å². The molecular weight excluding hydrogens is 356 g/mol. The van der Waals surface area contributed by atoms with Crippen LogP contribution < -0.4 is 10.6 Å². The average Bonchev–Trinajstić information content (AvgIpc) is 3.14. The molecule has 1 aliphatic heterocycles.